The molecule has 0 aliphatic carbocycles. The van der Waals surface area contributed by atoms with Crippen molar-refractivity contribution in [1.29, 1.82) is 0 Å². The number of rotatable bonds is 6. The molecule has 1 N–H and O–H groups in total. The van der Waals surface area contributed by atoms with Crippen molar-refractivity contribution in [2.75, 3.05) is 26.7 Å². The number of methoxy groups -OCH3 is 1. The van der Waals surface area contributed by atoms with Gasteiger partial charge in [-0.25, -0.2) is 4.98 Å². The average Bonchev–Trinajstić information content (AvgIpc) is 3.20. The molecule has 0 unspecified atom stereocenters. The van der Waals surface area contributed by atoms with Gasteiger partial charge in [-0.15, -0.1) is 0 Å². The Kier molecular flexibility index (Phi) is 6.15. The zero-order valence-corrected chi connectivity index (χ0v) is 17.1. The van der Waals surface area contributed by atoms with Crippen LogP contribution in [-0.4, -0.2) is 70.2 Å². The van der Waals surface area contributed by atoms with Crippen molar-refractivity contribution in [1.82, 2.24) is 19.8 Å². The first-order chi connectivity index (χ1) is 14.4. The second kappa shape index (κ2) is 8.77. The van der Waals surface area contributed by atoms with Crippen LogP contribution in [0.3, 0.4) is 0 Å². The number of hydrogen-bond acceptors (Lipinski definition) is 5. The van der Waals surface area contributed by atoms with Crippen molar-refractivity contribution in [2.24, 2.45) is 0 Å². The van der Waals surface area contributed by atoms with Gasteiger partial charge in [-0.05, 0) is 13.0 Å². The third-order valence-electron chi connectivity index (χ3n) is 5.13. The highest BCUT2D eigenvalue weighted by molar-refractivity contribution is 6.45. The molecule has 8 nitrogen and oxygen atoms in total. The Hall–Kier alpha value is -3.68. The van der Waals surface area contributed by atoms with Gasteiger partial charge in [0.1, 0.15) is 11.4 Å². The predicted octanol–water partition coefficient (Wildman–Crippen LogP) is 2.11. The smallest absolute Gasteiger partial charge is 0.295 e. The van der Waals surface area contributed by atoms with Gasteiger partial charge in [-0.3, -0.25) is 14.4 Å². The maximum absolute atomic E-state index is 13.0. The van der Waals surface area contributed by atoms with Gasteiger partial charge in [0.05, 0.1) is 18.1 Å². The lowest BCUT2D eigenvalue weighted by molar-refractivity contribution is -0.137. The number of aromatic amines is 1. The van der Waals surface area contributed by atoms with Gasteiger partial charge in [0, 0.05) is 43.6 Å². The number of carbonyl (C=O) groups is 3. The molecule has 3 heterocycles. The molecular formula is C22H24N4O4. The Labute approximate surface area is 174 Å². The molecule has 156 valence electrons. The molecule has 0 radical (unpaired) electrons. The molecule has 0 aromatic carbocycles. The zero-order valence-electron chi connectivity index (χ0n) is 17.1. The molecule has 2 aromatic rings. The first-order valence-corrected chi connectivity index (χ1v) is 9.52. The van der Waals surface area contributed by atoms with Crippen LogP contribution in [0.4, 0.5) is 0 Å². The summed E-state index contributed by atoms with van der Waals surface area (Å²) in [5.74, 6) is -0.973. The van der Waals surface area contributed by atoms with Gasteiger partial charge in [0.15, 0.2) is 0 Å². The van der Waals surface area contributed by atoms with Gasteiger partial charge in [-0.2, -0.15) is 0 Å². The Morgan fingerprint density at radius 1 is 1.27 bits per heavy atom. The molecule has 1 aliphatic rings. The molecule has 2 aromatic heterocycles. The van der Waals surface area contributed by atoms with Gasteiger partial charge in [0.2, 0.25) is 0 Å². The summed E-state index contributed by atoms with van der Waals surface area (Å²) in [5, 5.41) is 0.477. The van der Waals surface area contributed by atoms with Crippen molar-refractivity contribution in [2.45, 2.75) is 13.0 Å². The van der Waals surface area contributed by atoms with Crippen molar-refractivity contribution in [3.63, 3.8) is 0 Å². The van der Waals surface area contributed by atoms with Crippen molar-refractivity contribution in [3.05, 3.63) is 61.0 Å². The van der Waals surface area contributed by atoms with Crippen LogP contribution < -0.4 is 4.74 Å². The first-order valence-electron chi connectivity index (χ1n) is 9.52. The number of allylic oxidation sites excluding steroid dienone is 2. The number of hydrogen-bond donors (Lipinski definition) is 1. The molecule has 0 spiro atoms. The number of Topliss-reactive ketones (excluding diaryl/α,β-unsaturated/α-hetero) is 1. The van der Waals surface area contributed by atoms with E-state index in [0.717, 1.165) is 0 Å². The summed E-state index contributed by atoms with van der Waals surface area (Å²) in [6.45, 7) is 9.97. The van der Waals surface area contributed by atoms with E-state index < -0.39 is 11.7 Å². The summed E-state index contributed by atoms with van der Waals surface area (Å²) in [6, 6.07) is 1.32. The lowest BCUT2D eigenvalue weighted by atomic mass is 10.1. The summed E-state index contributed by atoms with van der Waals surface area (Å²) in [4.78, 5) is 48.8. The fourth-order valence-electron chi connectivity index (χ4n) is 3.60. The normalized spacial score (nSPS) is 17.0. The highest BCUT2D eigenvalue weighted by atomic mass is 16.5. The zero-order chi connectivity index (χ0) is 21.8. The van der Waals surface area contributed by atoms with Crippen LogP contribution in [0, 0.1) is 0 Å². The van der Waals surface area contributed by atoms with E-state index in [4.69, 9.17) is 4.74 Å². The fraction of sp³-hybridized carbons (Fsp3) is 0.273. The van der Waals surface area contributed by atoms with Crippen LogP contribution in [0.5, 0.6) is 5.75 Å². The van der Waals surface area contributed by atoms with Crippen LogP contribution in [0.25, 0.3) is 11.0 Å². The van der Waals surface area contributed by atoms with Crippen LogP contribution in [-0.2, 0) is 9.59 Å². The highest BCUT2D eigenvalue weighted by Gasteiger charge is 2.34. The molecule has 30 heavy (non-hydrogen) atoms. The third kappa shape index (κ3) is 3.76. The number of fused-ring (bicyclic) bond motifs is 1. The SMILES string of the molecule is C=C/C=C(\C=C)C(=O)N1CCN(C(=O)C(=O)c2c[nH]c3nccc(OC)c23)[C@H](C)C1. The van der Waals surface area contributed by atoms with Crippen LogP contribution in [0.2, 0.25) is 0 Å². The van der Waals surface area contributed by atoms with Gasteiger partial charge in [0.25, 0.3) is 17.6 Å². The molecule has 1 atom stereocenters. The van der Waals surface area contributed by atoms with E-state index in [1.54, 1.807) is 23.2 Å². The molecule has 0 bridgehead atoms. The topological polar surface area (TPSA) is 95.6 Å². The minimum absolute atomic E-state index is 0.178. The largest absolute Gasteiger partial charge is 0.496 e. The summed E-state index contributed by atoms with van der Waals surface area (Å²) < 4.78 is 5.31. The Bertz CT molecular complexity index is 1050. The summed E-state index contributed by atoms with van der Waals surface area (Å²) in [7, 11) is 1.49. The van der Waals surface area contributed by atoms with E-state index in [0.29, 0.717) is 35.4 Å². The molecular weight excluding hydrogens is 384 g/mol. The molecule has 0 saturated carbocycles. The van der Waals surface area contributed by atoms with Crippen LogP contribution in [0.1, 0.15) is 17.3 Å². The van der Waals surface area contributed by atoms with E-state index in [1.165, 1.54) is 30.4 Å². The maximum Gasteiger partial charge on any atom is 0.295 e. The molecule has 1 aliphatic heterocycles. The first kappa shape index (κ1) is 21.0. The van der Waals surface area contributed by atoms with E-state index in [-0.39, 0.29) is 24.1 Å². The quantitative estimate of drug-likeness (QED) is 0.342. The number of piperazine rings is 1. The second-order valence-electron chi connectivity index (χ2n) is 6.93. The minimum atomic E-state index is -0.641. The third-order valence-corrected chi connectivity index (χ3v) is 5.13. The standard InChI is InChI=1S/C22H24N4O4/c1-5-7-15(6-2)21(28)25-10-11-26(14(3)13-25)22(29)19(27)16-12-24-20-18(16)17(30-4)8-9-23-20/h5-9,12,14H,1-2,10-11,13H2,3-4H3,(H,23,24)/b15-7+/t14-/m1/s1. The summed E-state index contributed by atoms with van der Waals surface area (Å²) in [6.07, 6.45) is 7.64. The lowest BCUT2D eigenvalue weighted by Crippen LogP contribution is -2.57. The lowest BCUT2D eigenvalue weighted by Gasteiger charge is -2.39. The molecule has 1 saturated heterocycles. The number of pyridine rings is 1. The molecule has 3 rings (SSSR count). The van der Waals surface area contributed by atoms with E-state index in [2.05, 4.69) is 23.1 Å². The molecule has 2 amide bonds. The second-order valence-corrected chi connectivity index (χ2v) is 6.93. The monoisotopic (exact) mass is 408 g/mol. The molecule has 1 fully saturated rings. The van der Waals surface area contributed by atoms with Gasteiger partial charge in [-0.1, -0.05) is 31.4 Å². The van der Waals surface area contributed by atoms with E-state index in [1.807, 2.05) is 6.92 Å². The van der Waals surface area contributed by atoms with Crippen molar-refractivity contribution in [3.8, 4) is 5.75 Å². The maximum atomic E-state index is 13.0. The van der Waals surface area contributed by atoms with E-state index in [9.17, 15) is 14.4 Å². The van der Waals surface area contributed by atoms with Crippen LogP contribution >= 0.6 is 0 Å². The number of aromatic nitrogens is 2. The van der Waals surface area contributed by atoms with Crippen LogP contribution in [0.15, 0.2) is 55.4 Å². The van der Waals surface area contributed by atoms with Gasteiger partial charge < -0.3 is 19.5 Å². The predicted molar refractivity (Wildman–Crippen MR) is 113 cm³/mol. The fourth-order valence-corrected chi connectivity index (χ4v) is 3.60. The minimum Gasteiger partial charge on any atom is -0.496 e. The Morgan fingerprint density at radius 2 is 2.03 bits per heavy atom. The number of ether oxygens (including phenoxy) is 1. The number of amides is 2. The number of carbonyl (C=O) groups excluding carboxylic acids is 3. The highest BCUT2D eigenvalue weighted by Crippen LogP contribution is 2.28. The average molecular weight is 408 g/mol. The number of H-pyrrole nitrogens is 1. The van der Waals surface area contributed by atoms with Crippen molar-refractivity contribution < 1.29 is 19.1 Å². The van der Waals surface area contributed by atoms with E-state index >= 15 is 0 Å². The Balaban J connectivity index is 1.78. The Morgan fingerprint density at radius 3 is 2.67 bits per heavy atom. The number of ketones is 1. The summed E-state index contributed by atoms with van der Waals surface area (Å²) >= 11 is 0. The number of nitrogens with zero attached hydrogens (tertiary/aromatic N) is 3. The molecule has 8 heteroatoms. The van der Waals surface area contributed by atoms with Gasteiger partial charge >= 0.3 is 0 Å². The van der Waals surface area contributed by atoms with Crippen molar-refractivity contribution >= 4 is 28.6 Å². The summed E-state index contributed by atoms with van der Waals surface area (Å²) in [5.41, 5.74) is 1.12. The number of nitrogens with one attached hydrogen (secondary N) is 1.